The number of aromatic nitrogens is 2. The summed E-state index contributed by atoms with van der Waals surface area (Å²) in [5.74, 6) is 0.0548. The Balaban J connectivity index is 1.42. The van der Waals surface area contributed by atoms with E-state index in [1.165, 1.54) is 11.0 Å². The minimum atomic E-state index is -4.58. The van der Waals surface area contributed by atoms with Gasteiger partial charge in [-0.2, -0.15) is 13.2 Å². The van der Waals surface area contributed by atoms with Crippen LogP contribution < -0.4 is 4.74 Å². The number of carboxylic acid groups (broad SMARTS) is 1. The molecule has 0 atom stereocenters. The lowest BCUT2D eigenvalue weighted by Crippen LogP contribution is -2.50. The van der Waals surface area contributed by atoms with Crippen LogP contribution in [0.1, 0.15) is 24.0 Å². The third-order valence-corrected chi connectivity index (χ3v) is 5.47. The first-order chi connectivity index (χ1) is 14.2. The van der Waals surface area contributed by atoms with Crippen molar-refractivity contribution in [2.24, 2.45) is 0 Å². The number of rotatable bonds is 5. The number of ether oxygens (including phenoxy) is 1. The van der Waals surface area contributed by atoms with E-state index in [0.717, 1.165) is 17.7 Å². The van der Waals surface area contributed by atoms with E-state index >= 15 is 0 Å². The van der Waals surface area contributed by atoms with Gasteiger partial charge in [-0.1, -0.05) is 17.7 Å². The average molecular weight is 440 g/mol. The zero-order chi connectivity index (χ0) is 21.5. The fourth-order valence-electron chi connectivity index (χ4n) is 3.54. The third-order valence-electron chi connectivity index (χ3n) is 5.14. The number of amides is 1. The first-order valence-electron chi connectivity index (χ1n) is 9.16. The normalized spacial score (nSPS) is 18.8. The van der Waals surface area contributed by atoms with Gasteiger partial charge in [0.2, 0.25) is 0 Å². The smallest absolute Gasteiger partial charge is 0.417 e. The molecule has 1 aliphatic carbocycles. The van der Waals surface area contributed by atoms with Crippen LogP contribution in [0.3, 0.4) is 0 Å². The fraction of sp³-hybridized carbons (Fsp3) is 0.300. The molecule has 0 aliphatic heterocycles. The highest BCUT2D eigenvalue weighted by Crippen LogP contribution is 2.38. The lowest BCUT2D eigenvalue weighted by molar-refractivity contribution is -0.137. The molecule has 1 amide bonds. The van der Waals surface area contributed by atoms with E-state index in [9.17, 15) is 23.1 Å². The molecular formula is C20H17ClF3N3O3. The Hall–Kier alpha value is -2.94. The molecule has 6 nitrogen and oxygen atoms in total. The highest BCUT2D eigenvalue weighted by atomic mass is 35.5. The Kier molecular flexibility index (Phi) is 5.23. The molecule has 30 heavy (non-hydrogen) atoms. The summed E-state index contributed by atoms with van der Waals surface area (Å²) in [6.45, 7) is 0.160. The minimum absolute atomic E-state index is 0.0548. The van der Waals surface area contributed by atoms with Crippen molar-refractivity contribution in [3.05, 3.63) is 65.1 Å². The number of alkyl halides is 3. The Morgan fingerprint density at radius 2 is 2.07 bits per heavy atom. The Morgan fingerprint density at radius 3 is 2.77 bits per heavy atom. The number of nitrogens with zero attached hydrogens (tertiary/aromatic N) is 3. The summed E-state index contributed by atoms with van der Waals surface area (Å²) in [5, 5.41) is 9.25. The first-order valence-corrected chi connectivity index (χ1v) is 9.53. The largest absolute Gasteiger partial charge is 0.490 e. The molecule has 4 rings (SSSR count). The van der Waals surface area contributed by atoms with Crippen molar-refractivity contribution in [2.75, 3.05) is 0 Å². The molecule has 1 fully saturated rings. The van der Waals surface area contributed by atoms with Crippen LogP contribution in [0.5, 0.6) is 5.75 Å². The molecule has 3 aromatic rings. The van der Waals surface area contributed by atoms with Gasteiger partial charge in [-0.05, 0) is 24.3 Å². The van der Waals surface area contributed by atoms with Gasteiger partial charge in [0.15, 0.2) is 0 Å². The molecule has 1 aromatic carbocycles. The van der Waals surface area contributed by atoms with Crippen molar-refractivity contribution in [3.63, 3.8) is 0 Å². The van der Waals surface area contributed by atoms with Crippen LogP contribution >= 0.6 is 11.6 Å². The monoisotopic (exact) mass is 439 g/mol. The minimum Gasteiger partial charge on any atom is -0.490 e. The van der Waals surface area contributed by atoms with Crippen LogP contribution in [0.2, 0.25) is 5.02 Å². The number of hydrogen-bond acceptors (Lipinski definition) is 3. The van der Waals surface area contributed by atoms with Gasteiger partial charge in [0.1, 0.15) is 17.5 Å². The lowest BCUT2D eigenvalue weighted by Gasteiger charge is -2.41. The quantitative estimate of drug-likeness (QED) is 0.601. The molecule has 158 valence electrons. The zero-order valence-corrected chi connectivity index (χ0v) is 16.3. The summed E-state index contributed by atoms with van der Waals surface area (Å²) in [6, 6.07) is 6.72. The van der Waals surface area contributed by atoms with Crippen molar-refractivity contribution in [1.82, 2.24) is 14.3 Å². The Bertz CT molecular complexity index is 1080. The zero-order valence-electron chi connectivity index (χ0n) is 15.5. The van der Waals surface area contributed by atoms with Crippen molar-refractivity contribution >= 4 is 23.3 Å². The maximum atomic E-state index is 13.0. The highest BCUT2D eigenvalue weighted by Gasteiger charge is 2.39. The fourth-order valence-corrected chi connectivity index (χ4v) is 3.77. The van der Waals surface area contributed by atoms with E-state index in [-0.39, 0.29) is 24.4 Å². The van der Waals surface area contributed by atoms with E-state index < -0.39 is 22.9 Å². The van der Waals surface area contributed by atoms with E-state index in [2.05, 4.69) is 4.98 Å². The SMILES string of the molecule is O=C(O)N(Cc1cccn2ccnc12)C1CC(Oc2ccc(Cl)c(C(F)(F)F)c2)C1. The summed E-state index contributed by atoms with van der Waals surface area (Å²) in [4.78, 5) is 17.4. The average Bonchev–Trinajstić information content (AvgIpc) is 3.12. The number of hydrogen-bond donors (Lipinski definition) is 1. The number of imidazole rings is 1. The van der Waals surface area contributed by atoms with Crippen molar-refractivity contribution in [3.8, 4) is 5.75 Å². The molecular weight excluding hydrogens is 423 g/mol. The van der Waals surface area contributed by atoms with Crippen molar-refractivity contribution in [1.29, 1.82) is 0 Å². The van der Waals surface area contributed by atoms with E-state index in [1.54, 1.807) is 16.8 Å². The van der Waals surface area contributed by atoms with E-state index in [4.69, 9.17) is 16.3 Å². The number of carbonyl (C=O) groups is 1. The van der Waals surface area contributed by atoms with Crippen LogP contribution in [0.25, 0.3) is 5.65 Å². The van der Waals surface area contributed by atoms with Crippen LogP contribution in [0.4, 0.5) is 18.0 Å². The lowest BCUT2D eigenvalue weighted by atomic mass is 9.87. The number of pyridine rings is 1. The standard InChI is InChI=1S/C20H17ClF3N3O3/c21-17-4-3-14(10-16(17)20(22,23)24)30-15-8-13(9-15)27(19(28)29)11-12-2-1-6-26-7-5-25-18(12)26/h1-7,10,13,15H,8-9,11H2,(H,28,29). The van der Waals surface area contributed by atoms with Gasteiger partial charge < -0.3 is 19.1 Å². The summed E-state index contributed by atoms with van der Waals surface area (Å²) in [7, 11) is 0. The molecule has 1 N–H and O–H groups in total. The summed E-state index contributed by atoms with van der Waals surface area (Å²) in [5.41, 5.74) is 0.482. The molecule has 0 radical (unpaired) electrons. The molecule has 2 heterocycles. The second-order valence-electron chi connectivity index (χ2n) is 7.11. The van der Waals surface area contributed by atoms with E-state index in [1.807, 2.05) is 18.3 Å². The molecule has 0 spiro atoms. The van der Waals surface area contributed by atoms with Gasteiger partial charge in [0.05, 0.1) is 17.1 Å². The predicted octanol–water partition coefficient (Wildman–Crippen LogP) is 5.10. The molecule has 0 bridgehead atoms. The van der Waals surface area contributed by atoms with Gasteiger partial charge in [0.25, 0.3) is 0 Å². The van der Waals surface area contributed by atoms with E-state index in [0.29, 0.717) is 18.5 Å². The van der Waals surface area contributed by atoms with Gasteiger partial charge >= 0.3 is 12.3 Å². The van der Waals surface area contributed by atoms with Crippen molar-refractivity contribution in [2.45, 2.75) is 37.7 Å². The molecule has 2 aromatic heterocycles. The summed E-state index contributed by atoms with van der Waals surface area (Å²) in [6.07, 6.45) is -0.0179. The van der Waals surface area contributed by atoms with Crippen LogP contribution in [0.15, 0.2) is 48.9 Å². The van der Waals surface area contributed by atoms with Crippen LogP contribution in [0, 0.1) is 0 Å². The van der Waals surface area contributed by atoms with Gasteiger partial charge in [-0.3, -0.25) is 0 Å². The summed E-state index contributed by atoms with van der Waals surface area (Å²) >= 11 is 5.62. The topological polar surface area (TPSA) is 67.1 Å². The number of fused-ring (bicyclic) bond motifs is 1. The van der Waals surface area contributed by atoms with Gasteiger partial charge in [-0.15, -0.1) is 0 Å². The second-order valence-corrected chi connectivity index (χ2v) is 7.51. The van der Waals surface area contributed by atoms with Crippen molar-refractivity contribution < 1.29 is 27.8 Å². The number of benzene rings is 1. The molecule has 10 heteroatoms. The molecule has 1 saturated carbocycles. The number of halogens is 4. The molecule has 1 aliphatic rings. The molecule has 0 saturated heterocycles. The maximum Gasteiger partial charge on any atom is 0.417 e. The molecule has 0 unspecified atom stereocenters. The Morgan fingerprint density at radius 1 is 1.30 bits per heavy atom. The Labute approximate surface area is 174 Å². The maximum absolute atomic E-state index is 13.0. The summed E-state index contributed by atoms with van der Waals surface area (Å²) < 4.78 is 46.4. The third kappa shape index (κ3) is 4.02. The second kappa shape index (κ2) is 7.71. The highest BCUT2D eigenvalue weighted by molar-refractivity contribution is 6.31. The predicted molar refractivity (Wildman–Crippen MR) is 103 cm³/mol. The first kappa shape index (κ1) is 20.3. The van der Waals surface area contributed by atoms with Gasteiger partial charge in [-0.25, -0.2) is 9.78 Å². The van der Waals surface area contributed by atoms with Crippen LogP contribution in [-0.2, 0) is 12.7 Å². The van der Waals surface area contributed by atoms with Gasteiger partial charge in [0, 0.05) is 43.0 Å². The van der Waals surface area contributed by atoms with Crippen LogP contribution in [-0.4, -0.2) is 37.6 Å².